The summed E-state index contributed by atoms with van der Waals surface area (Å²) >= 11 is 0. The standard InChI is InChI=1S/C18H20NO2.BrH/c1-2-4-16(5-3-1)6-7-17-8-11-19(12-9-17)13-10-18-20-14-15-21-18;/h1-9,11-12,18H,10,13-15H2;1H/q+1;/p-1. The summed E-state index contributed by atoms with van der Waals surface area (Å²) in [6.45, 7) is 2.35. The van der Waals surface area contributed by atoms with E-state index in [9.17, 15) is 0 Å². The van der Waals surface area contributed by atoms with Crippen LogP contribution in [-0.2, 0) is 16.0 Å². The molecule has 2 aromatic rings. The van der Waals surface area contributed by atoms with Gasteiger partial charge < -0.3 is 26.5 Å². The van der Waals surface area contributed by atoms with E-state index < -0.39 is 0 Å². The number of benzene rings is 1. The Hall–Kier alpha value is -1.49. The van der Waals surface area contributed by atoms with Gasteiger partial charge in [-0.3, -0.25) is 0 Å². The van der Waals surface area contributed by atoms with Crippen LogP contribution in [0.2, 0.25) is 0 Å². The molecule has 0 spiro atoms. The van der Waals surface area contributed by atoms with Crippen LogP contribution in [0.15, 0.2) is 54.9 Å². The Labute approximate surface area is 142 Å². The molecule has 2 heterocycles. The van der Waals surface area contributed by atoms with Crippen LogP contribution in [0.3, 0.4) is 0 Å². The predicted molar refractivity (Wildman–Crippen MR) is 82.3 cm³/mol. The number of ether oxygens (including phenoxy) is 2. The van der Waals surface area contributed by atoms with Crippen LogP contribution >= 0.6 is 0 Å². The first-order chi connectivity index (χ1) is 10.4. The minimum atomic E-state index is -0.0323. The summed E-state index contributed by atoms with van der Waals surface area (Å²) in [7, 11) is 0. The van der Waals surface area contributed by atoms with Crippen molar-refractivity contribution in [1.29, 1.82) is 0 Å². The third-order valence-corrected chi connectivity index (χ3v) is 3.50. The molecule has 0 saturated carbocycles. The van der Waals surface area contributed by atoms with Crippen molar-refractivity contribution in [3.05, 3.63) is 66.0 Å². The summed E-state index contributed by atoms with van der Waals surface area (Å²) in [5.74, 6) is 0. The number of halogens is 1. The van der Waals surface area contributed by atoms with Gasteiger partial charge in [0.1, 0.15) is 0 Å². The van der Waals surface area contributed by atoms with Gasteiger partial charge in [0.05, 0.1) is 19.6 Å². The maximum atomic E-state index is 5.44. The van der Waals surface area contributed by atoms with E-state index in [0.717, 1.165) is 26.2 Å². The minimum Gasteiger partial charge on any atom is -1.00 e. The quantitative estimate of drug-likeness (QED) is 0.694. The lowest BCUT2D eigenvalue weighted by atomic mass is 10.1. The number of aryl methyl sites for hydroxylation is 1. The fourth-order valence-electron chi connectivity index (χ4n) is 2.31. The smallest absolute Gasteiger partial charge is 0.169 e. The van der Waals surface area contributed by atoms with Crippen molar-refractivity contribution in [1.82, 2.24) is 0 Å². The SMILES string of the molecule is C(=Cc1cc[n+](CCC2OCCO2)cc1)c1ccccc1.[Br-]. The Morgan fingerprint density at radius 3 is 2.14 bits per heavy atom. The molecule has 0 aliphatic carbocycles. The Kier molecular flexibility index (Phi) is 6.77. The summed E-state index contributed by atoms with van der Waals surface area (Å²) in [6, 6.07) is 14.6. The van der Waals surface area contributed by atoms with E-state index in [1.165, 1.54) is 11.1 Å². The number of aromatic nitrogens is 1. The second-order valence-electron chi connectivity index (χ2n) is 5.07. The summed E-state index contributed by atoms with van der Waals surface area (Å²) < 4.78 is 13.0. The number of rotatable bonds is 5. The predicted octanol–water partition coefficient (Wildman–Crippen LogP) is -0.0885. The zero-order valence-electron chi connectivity index (χ0n) is 12.4. The van der Waals surface area contributed by atoms with Crippen LogP contribution in [0.25, 0.3) is 12.2 Å². The summed E-state index contributed by atoms with van der Waals surface area (Å²) in [4.78, 5) is 0. The average Bonchev–Trinajstić information content (AvgIpc) is 3.06. The van der Waals surface area contributed by atoms with Crippen molar-refractivity contribution in [3.63, 3.8) is 0 Å². The molecule has 1 aliphatic rings. The molecular weight excluding hydrogens is 342 g/mol. The lowest BCUT2D eigenvalue weighted by molar-refractivity contribution is -0.698. The molecule has 1 aromatic carbocycles. The number of pyridine rings is 1. The molecule has 1 fully saturated rings. The first-order valence-corrected chi connectivity index (χ1v) is 7.36. The van der Waals surface area contributed by atoms with Crippen LogP contribution in [0, 0.1) is 0 Å². The monoisotopic (exact) mass is 361 g/mol. The molecular formula is C18H20BrNO2. The molecule has 4 heteroatoms. The second-order valence-corrected chi connectivity index (χ2v) is 5.07. The van der Waals surface area contributed by atoms with E-state index in [1.54, 1.807) is 0 Å². The maximum absolute atomic E-state index is 5.44. The number of hydrogen-bond donors (Lipinski definition) is 0. The largest absolute Gasteiger partial charge is 1.00 e. The van der Waals surface area contributed by atoms with E-state index in [2.05, 4.69) is 53.4 Å². The van der Waals surface area contributed by atoms with Gasteiger partial charge in [-0.25, -0.2) is 4.57 Å². The molecule has 0 atom stereocenters. The Morgan fingerprint density at radius 1 is 0.909 bits per heavy atom. The fraction of sp³-hybridized carbons (Fsp3) is 0.278. The van der Waals surface area contributed by atoms with Gasteiger partial charge in [0.15, 0.2) is 25.2 Å². The van der Waals surface area contributed by atoms with Gasteiger partial charge in [0.25, 0.3) is 0 Å². The van der Waals surface area contributed by atoms with Gasteiger partial charge in [0.2, 0.25) is 0 Å². The Balaban J connectivity index is 0.00000176. The van der Waals surface area contributed by atoms with Crippen molar-refractivity contribution in [2.45, 2.75) is 19.3 Å². The highest BCUT2D eigenvalue weighted by atomic mass is 79.9. The molecule has 0 N–H and O–H groups in total. The van der Waals surface area contributed by atoms with Crippen LogP contribution in [0.1, 0.15) is 17.5 Å². The zero-order chi connectivity index (χ0) is 14.3. The van der Waals surface area contributed by atoms with Crippen molar-refractivity contribution in [2.75, 3.05) is 13.2 Å². The van der Waals surface area contributed by atoms with Gasteiger partial charge >= 0.3 is 0 Å². The van der Waals surface area contributed by atoms with Crippen molar-refractivity contribution in [3.8, 4) is 0 Å². The summed E-state index contributed by atoms with van der Waals surface area (Å²) in [6.07, 6.45) is 9.31. The number of nitrogens with zero attached hydrogens (tertiary/aromatic N) is 1. The van der Waals surface area contributed by atoms with Crippen molar-refractivity contribution >= 4 is 12.2 Å². The van der Waals surface area contributed by atoms with E-state index in [-0.39, 0.29) is 23.3 Å². The van der Waals surface area contributed by atoms with Gasteiger partial charge in [-0.2, -0.15) is 0 Å². The zero-order valence-corrected chi connectivity index (χ0v) is 14.0. The van der Waals surface area contributed by atoms with E-state index in [1.807, 2.05) is 18.2 Å². The van der Waals surface area contributed by atoms with Gasteiger partial charge in [-0.1, -0.05) is 42.5 Å². The minimum absolute atomic E-state index is 0. The first-order valence-electron chi connectivity index (χ1n) is 7.36. The molecule has 0 radical (unpaired) electrons. The molecule has 0 bridgehead atoms. The highest BCUT2D eigenvalue weighted by molar-refractivity contribution is 5.68. The maximum Gasteiger partial charge on any atom is 0.169 e. The molecule has 1 aliphatic heterocycles. The van der Waals surface area contributed by atoms with Crippen LogP contribution in [0.4, 0.5) is 0 Å². The Bertz CT molecular complexity index is 578. The highest BCUT2D eigenvalue weighted by Crippen LogP contribution is 2.08. The first kappa shape index (κ1) is 16.9. The lowest BCUT2D eigenvalue weighted by Gasteiger charge is -2.05. The van der Waals surface area contributed by atoms with Crippen molar-refractivity contribution < 1.29 is 31.0 Å². The van der Waals surface area contributed by atoms with E-state index in [0.29, 0.717) is 0 Å². The molecule has 3 rings (SSSR count). The van der Waals surface area contributed by atoms with Gasteiger partial charge in [0, 0.05) is 12.1 Å². The van der Waals surface area contributed by atoms with Crippen LogP contribution in [-0.4, -0.2) is 19.5 Å². The van der Waals surface area contributed by atoms with Crippen LogP contribution < -0.4 is 21.5 Å². The molecule has 116 valence electrons. The summed E-state index contributed by atoms with van der Waals surface area (Å²) in [5.41, 5.74) is 2.41. The average molecular weight is 362 g/mol. The Morgan fingerprint density at radius 2 is 1.50 bits per heavy atom. The van der Waals surface area contributed by atoms with Gasteiger partial charge in [-0.15, -0.1) is 0 Å². The number of hydrogen-bond acceptors (Lipinski definition) is 2. The molecule has 0 amide bonds. The molecule has 3 nitrogen and oxygen atoms in total. The topological polar surface area (TPSA) is 22.3 Å². The molecule has 1 saturated heterocycles. The third-order valence-electron chi connectivity index (χ3n) is 3.50. The van der Waals surface area contributed by atoms with E-state index in [4.69, 9.17) is 9.47 Å². The highest BCUT2D eigenvalue weighted by Gasteiger charge is 2.17. The molecule has 0 unspecified atom stereocenters. The lowest BCUT2D eigenvalue weighted by Crippen LogP contribution is -3.00. The molecule has 1 aromatic heterocycles. The normalized spacial score (nSPS) is 15.1. The van der Waals surface area contributed by atoms with Crippen molar-refractivity contribution in [2.24, 2.45) is 0 Å². The third kappa shape index (κ3) is 5.05. The van der Waals surface area contributed by atoms with Gasteiger partial charge in [-0.05, 0) is 11.1 Å². The fourth-order valence-corrected chi connectivity index (χ4v) is 2.31. The van der Waals surface area contributed by atoms with E-state index >= 15 is 0 Å². The second kappa shape index (κ2) is 8.83. The molecule has 22 heavy (non-hydrogen) atoms. The summed E-state index contributed by atoms with van der Waals surface area (Å²) in [5, 5.41) is 0. The van der Waals surface area contributed by atoms with Crippen LogP contribution in [0.5, 0.6) is 0 Å².